The van der Waals surface area contributed by atoms with Crippen molar-refractivity contribution in [3.63, 3.8) is 0 Å². The zero-order chi connectivity index (χ0) is 18.7. The summed E-state index contributed by atoms with van der Waals surface area (Å²) in [7, 11) is 0. The van der Waals surface area contributed by atoms with Crippen LogP contribution in [-0.4, -0.2) is 4.98 Å². The van der Waals surface area contributed by atoms with E-state index in [1.807, 2.05) is 32.0 Å². The van der Waals surface area contributed by atoms with E-state index in [1.165, 1.54) is 4.88 Å². The van der Waals surface area contributed by atoms with Gasteiger partial charge in [-0.25, -0.2) is 4.39 Å². The van der Waals surface area contributed by atoms with Crippen molar-refractivity contribution in [1.29, 1.82) is 0 Å². The van der Waals surface area contributed by atoms with Crippen LogP contribution in [-0.2, 0) is 19.5 Å². The highest BCUT2D eigenvalue weighted by molar-refractivity contribution is 7.15. The van der Waals surface area contributed by atoms with Gasteiger partial charge in [0.1, 0.15) is 5.82 Å². The smallest absolute Gasteiger partial charge is 0.251 e. The summed E-state index contributed by atoms with van der Waals surface area (Å²) in [4.78, 5) is 17.1. The Morgan fingerprint density at radius 1 is 1.12 bits per heavy atom. The summed E-state index contributed by atoms with van der Waals surface area (Å²) in [5.74, 6) is -0.136. The summed E-state index contributed by atoms with van der Waals surface area (Å²) in [6.07, 6.45) is 0.713. The molecule has 0 fully saturated rings. The molecule has 0 aliphatic rings. The highest BCUT2D eigenvalue weighted by Gasteiger charge is 2.10. The molecule has 0 amide bonds. The molecular weight excluding hydrogens is 347 g/mol. The van der Waals surface area contributed by atoms with Crippen LogP contribution >= 0.6 is 11.3 Å². The molecule has 5 heteroatoms. The molecule has 2 aromatic heterocycles. The maximum Gasteiger partial charge on any atom is 0.251 e. The second kappa shape index (κ2) is 7.98. The van der Waals surface area contributed by atoms with Crippen molar-refractivity contribution in [2.45, 2.75) is 40.3 Å². The van der Waals surface area contributed by atoms with E-state index in [9.17, 15) is 9.18 Å². The van der Waals surface area contributed by atoms with E-state index in [0.717, 1.165) is 21.7 Å². The summed E-state index contributed by atoms with van der Waals surface area (Å²) in [6.45, 7) is 6.87. The van der Waals surface area contributed by atoms with Crippen molar-refractivity contribution in [2.24, 2.45) is 0 Å². The largest absolute Gasteiger partial charge is 0.326 e. The van der Waals surface area contributed by atoms with Crippen LogP contribution < -0.4 is 10.9 Å². The van der Waals surface area contributed by atoms with Crippen LogP contribution in [0.2, 0.25) is 0 Å². The van der Waals surface area contributed by atoms with E-state index in [2.05, 4.69) is 22.4 Å². The fourth-order valence-electron chi connectivity index (χ4n) is 2.97. The number of rotatable bonds is 6. The molecule has 0 saturated carbocycles. The van der Waals surface area contributed by atoms with E-state index < -0.39 is 0 Å². The molecule has 0 unspecified atom stereocenters. The summed E-state index contributed by atoms with van der Waals surface area (Å²) in [6, 6.07) is 11.6. The van der Waals surface area contributed by atoms with E-state index in [-0.39, 0.29) is 11.4 Å². The van der Waals surface area contributed by atoms with E-state index in [1.54, 1.807) is 24.3 Å². The molecule has 0 bridgehead atoms. The molecule has 2 heterocycles. The van der Waals surface area contributed by atoms with Crippen LogP contribution in [0.1, 0.15) is 34.2 Å². The quantitative estimate of drug-likeness (QED) is 0.660. The maximum absolute atomic E-state index is 14.0. The number of aryl methyl sites for hydroxylation is 3. The molecule has 136 valence electrons. The summed E-state index contributed by atoms with van der Waals surface area (Å²) < 4.78 is 14.0. The zero-order valence-electron chi connectivity index (χ0n) is 15.3. The van der Waals surface area contributed by atoms with Gasteiger partial charge in [0, 0.05) is 45.2 Å². The van der Waals surface area contributed by atoms with Crippen LogP contribution in [0.3, 0.4) is 0 Å². The molecule has 2 N–H and O–H groups in total. The zero-order valence-corrected chi connectivity index (χ0v) is 16.1. The van der Waals surface area contributed by atoms with Gasteiger partial charge in [-0.3, -0.25) is 4.79 Å². The predicted molar refractivity (Wildman–Crippen MR) is 106 cm³/mol. The number of pyridine rings is 1. The molecule has 3 rings (SSSR count). The third-order valence-electron chi connectivity index (χ3n) is 4.51. The van der Waals surface area contributed by atoms with Gasteiger partial charge in [0.2, 0.25) is 0 Å². The Morgan fingerprint density at radius 2 is 1.92 bits per heavy atom. The monoisotopic (exact) mass is 370 g/mol. The van der Waals surface area contributed by atoms with Gasteiger partial charge in [-0.1, -0.05) is 25.1 Å². The van der Waals surface area contributed by atoms with Crippen molar-refractivity contribution >= 4 is 11.3 Å². The van der Waals surface area contributed by atoms with Crippen LogP contribution in [0.25, 0.3) is 10.4 Å². The third kappa shape index (κ3) is 3.94. The first-order valence-corrected chi connectivity index (χ1v) is 9.57. The van der Waals surface area contributed by atoms with E-state index >= 15 is 0 Å². The summed E-state index contributed by atoms with van der Waals surface area (Å²) in [5, 5.41) is 3.31. The minimum absolute atomic E-state index is 0.00706. The Bertz CT molecular complexity index is 974. The number of aromatic amines is 1. The van der Waals surface area contributed by atoms with Crippen molar-refractivity contribution in [3.8, 4) is 10.4 Å². The van der Waals surface area contributed by atoms with E-state index in [4.69, 9.17) is 0 Å². The number of halogens is 1. The Morgan fingerprint density at radius 3 is 2.69 bits per heavy atom. The molecule has 0 saturated heterocycles. The first kappa shape index (κ1) is 18.5. The lowest BCUT2D eigenvalue weighted by atomic mass is 10.1. The van der Waals surface area contributed by atoms with Gasteiger partial charge >= 0.3 is 0 Å². The molecule has 0 aliphatic carbocycles. The number of hydrogen-bond donors (Lipinski definition) is 2. The molecule has 26 heavy (non-hydrogen) atoms. The number of thiophene rings is 1. The van der Waals surface area contributed by atoms with Gasteiger partial charge in [0.15, 0.2) is 0 Å². The van der Waals surface area contributed by atoms with Crippen molar-refractivity contribution < 1.29 is 4.39 Å². The van der Waals surface area contributed by atoms with Crippen LogP contribution in [0, 0.1) is 19.7 Å². The molecule has 3 nitrogen and oxygen atoms in total. The average molecular weight is 370 g/mol. The lowest BCUT2D eigenvalue weighted by Crippen LogP contribution is -2.13. The number of hydrogen-bond acceptors (Lipinski definition) is 3. The van der Waals surface area contributed by atoms with E-state index in [0.29, 0.717) is 30.6 Å². The highest BCUT2D eigenvalue weighted by Crippen LogP contribution is 2.30. The van der Waals surface area contributed by atoms with Crippen molar-refractivity contribution in [2.75, 3.05) is 0 Å². The number of aromatic nitrogens is 1. The van der Waals surface area contributed by atoms with Crippen LogP contribution in [0.5, 0.6) is 0 Å². The molecule has 3 aromatic rings. The standard InChI is InChI=1S/C21H23FN2OS/c1-4-15-10-18(14(3)24-21(15)25)19-9-8-17(26-19)12-23-11-16-7-5-6-13(2)20(16)22/h5-10,23H,4,11-12H2,1-3H3,(H,24,25). The number of H-pyrrole nitrogens is 1. The van der Waals surface area contributed by atoms with Gasteiger partial charge < -0.3 is 10.3 Å². The van der Waals surface area contributed by atoms with Gasteiger partial charge in [-0.15, -0.1) is 11.3 Å². The first-order chi connectivity index (χ1) is 12.5. The highest BCUT2D eigenvalue weighted by atomic mass is 32.1. The molecule has 1 aromatic carbocycles. The minimum atomic E-state index is -0.136. The number of benzene rings is 1. The Kier molecular flexibility index (Phi) is 5.69. The lowest BCUT2D eigenvalue weighted by molar-refractivity contribution is 0.581. The molecular formula is C21H23FN2OS. The minimum Gasteiger partial charge on any atom is -0.326 e. The fourth-order valence-corrected chi connectivity index (χ4v) is 4.02. The van der Waals surface area contributed by atoms with Gasteiger partial charge in [0.25, 0.3) is 5.56 Å². The lowest BCUT2D eigenvalue weighted by Gasteiger charge is -2.07. The Hall–Kier alpha value is -2.24. The van der Waals surface area contributed by atoms with Gasteiger partial charge in [-0.2, -0.15) is 0 Å². The maximum atomic E-state index is 14.0. The predicted octanol–water partition coefficient (Wildman–Crippen LogP) is 4.71. The van der Waals surface area contributed by atoms with Crippen LogP contribution in [0.15, 0.2) is 41.2 Å². The summed E-state index contributed by atoms with van der Waals surface area (Å²) >= 11 is 1.69. The summed E-state index contributed by atoms with van der Waals surface area (Å²) in [5.41, 5.74) is 4.10. The molecule has 0 radical (unpaired) electrons. The second-order valence-electron chi connectivity index (χ2n) is 6.43. The molecule has 0 aliphatic heterocycles. The third-order valence-corrected chi connectivity index (χ3v) is 5.63. The van der Waals surface area contributed by atoms with Gasteiger partial charge in [-0.05, 0) is 44.0 Å². The average Bonchev–Trinajstić information content (AvgIpc) is 3.07. The molecule has 0 atom stereocenters. The van der Waals surface area contributed by atoms with Crippen molar-refractivity contribution in [3.05, 3.63) is 79.8 Å². The SMILES string of the molecule is CCc1cc(-c2ccc(CNCc3cccc(C)c3F)s2)c(C)[nH]c1=O. The number of nitrogens with one attached hydrogen (secondary N) is 2. The first-order valence-electron chi connectivity index (χ1n) is 8.76. The Labute approximate surface area is 156 Å². The Balaban J connectivity index is 1.71. The fraction of sp³-hybridized carbons (Fsp3) is 0.286. The second-order valence-corrected chi connectivity index (χ2v) is 7.60. The molecule has 0 spiro atoms. The topological polar surface area (TPSA) is 44.9 Å². The normalized spacial score (nSPS) is 11.1. The van der Waals surface area contributed by atoms with Gasteiger partial charge in [0.05, 0.1) is 0 Å². The van der Waals surface area contributed by atoms with Crippen LogP contribution in [0.4, 0.5) is 4.39 Å². The van der Waals surface area contributed by atoms with Crippen molar-refractivity contribution in [1.82, 2.24) is 10.3 Å².